The van der Waals surface area contributed by atoms with Gasteiger partial charge in [-0.15, -0.1) is 34.2 Å². The number of aliphatic hydroxyl groups is 1. The van der Waals surface area contributed by atoms with Crippen molar-refractivity contribution in [3.05, 3.63) is 41.5 Å². The Morgan fingerprint density at radius 3 is 2.50 bits per heavy atom. The zero-order chi connectivity index (χ0) is 22.6. The number of guanidine groups is 1. The van der Waals surface area contributed by atoms with E-state index in [4.69, 9.17) is 9.47 Å². The van der Waals surface area contributed by atoms with Gasteiger partial charge in [0, 0.05) is 33.4 Å². The van der Waals surface area contributed by atoms with E-state index in [2.05, 4.69) is 25.8 Å². The maximum absolute atomic E-state index is 10.6. The molecule has 0 saturated carbocycles. The molecule has 1 heterocycles. The van der Waals surface area contributed by atoms with E-state index < -0.39 is 6.10 Å². The van der Waals surface area contributed by atoms with E-state index in [9.17, 15) is 5.11 Å². The van der Waals surface area contributed by atoms with Gasteiger partial charge in [0.25, 0.3) is 0 Å². The summed E-state index contributed by atoms with van der Waals surface area (Å²) in [6, 6.07) is 7.49. The van der Waals surface area contributed by atoms with Crippen LogP contribution in [0.25, 0.3) is 0 Å². The third kappa shape index (κ3) is 9.70. The topological polar surface area (TPSA) is 106 Å². The molecule has 0 aliphatic carbocycles. The van der Waals surface area contributed by atoms with Gasteiger partial charge in [-0.2, -0.15) is 0 Å². The molecular weight excluding hydrogens is 523 g/mol. The van der Waals surface area contributed by atoms with E-state index in [1.165, 1.54) is 0 Å². The molecule has 9 nitrogen and oxygen atoms in total. The van der Waals surface area contributed by atoms with Crippen molar-refractivity contribution in [2.75, 3.05) is 26.3 Å². The van der Waals surface area contributed by atoms with E-state index in [1.807, 2.05) is 63.6 Å². The zero-order valence-electron chi connectivity index (χ0n) is 19.7. The molecule has 0 radical (unpaired) electrons. The first kappa shape index (κ1) is 28.1. The first-order valence-corrected chi connectivity index (χ1v) is 10.8. The molecule has 180 valence electrons. The third-order valence-corrected chi connectivity index (χ3v) is 4.62. The van der Waals surface area contributed by atoms with Crippen LogP contribution < -0.4 is 15.4 Å². The summed E-state index contributed by atoms with van der Waals surface area (Å²) in [4.78, 5) is 4.60. The van der Waals surface area contributed by atoms with Crippen LogP contribution in [-0.2, 0) is 18.3 Å². The predicted octanol–water partition coefficient (Wildman–Crippen LogP) is 2.72. The van der Waals surface area contributed by atoms with Crippen LogP contribution in [-0.4, -0.2) is 58.2 Å². The zero-order valence-corrected chi connectivity index (χ0v) is 22.0. The van der Waals surface area contributed by atoms with E-state index in [-0.39, 0.29) is 30.1 Å². The summed E-state index contributed by atoms with van der Waals surface area (Å²) in [5.74, 6) is 3.01. The molecule has 1 aromatic carbocycles. The average molecular weight is 560 g/mol. The second-order valence-electron chi connectivity index (χ2n) is 7.50. The van der Waals surface area contributed by atoms with Gasteiger partial charge in [0.05, 0.1) is 12.2 Å². The van der Waals surface area contributed by atoms with Crippen LogP contribution in [0.2, 0.25) is 0 Å². The Hall–Kier alpha value is -1.92. The van der Waals surface area contributed by atoms with Crippen LogP contribution in [0.1, 0.15) is 50.5 Å². The van der Waals surface area contributed by atoms with Gasteiger partial charge in [0.1, 0.15) is 18.1 Å². The van der Waals surface area contributed by atoms with Crippen molar-refractivity contribution in [2.24, 2.45) is 12.0 Å². The number of aliphatic imine (C=N–C) groups is 1. The number of aryl methyl sites for hydroxylation is 1. The number of hydrogen-bond acceptors (Lipinski definition) is 6. The summed E-state index contributed by atoms with van der Waals surface area (Å²) in [6.45, 7) is 10.7. The molecule has 1 unspecified atom stereocenters. The monoisotopic (exact) mass is 560 g/mol. The molecule has 0 saturated heterocycles. The second-order valence-corrected chi connectivity index (χ2v) is 7.50. The highest BCUT2D eigenvalue weighted by atomic mass is 127. The third-order valence-electron chi connectivity index (χ3n) is 4.62. The lowest BCUT2D eigenvalue weighted by Crippen LogP contribution is -2.40. The molecule has 10 heteroatoms. The van der Waals surface area contributed by atoms with E-state index in [0.717, 1.165) is 29.4 Å². The molecule has 0 amide bonds. The van der Waals surface area contributed by atoms with Crippen molar-refractivity contribution in [3.8, 4) is 5.75 Å². The summed E-state index contributed by atoms with van der Waals surface area (Å²) in [7, 11) is 1.92. The highest BCUT2D eigenvalue weighted by molar-refractivity contribution is 14.0. The van der Waals surface area contributed by atoms with Crippen LogP contribution in [0.5, 0.6) is 5.75 Å². The van der Waals surface area contributed by atoms with Gasteiger partial charge < -0.3 is 29.8 Å². The Balaban J connectivity index is 0.00000512. The maximum atomic E-state index is 10.6. The minimum atomic E-state index is -0.680. The molecule has 0 aliphatic heterocycles. The number of nitrogens with zero attached hydrogens (tertiary/aromatic N) is 4. The van der Waals surface area contributed by atoms with Gasteiger partial charge in [-0.3, -0.25) is 0 Å². The first-order valence-electron chi connectivity index (χ1n) is 10.8. The van der Waals surface area contributed by atoms with Crippen LogP contribution in [0, 0.1) is 6.92 Å². The average Bonchev–Trinajstić information content (AvgIpc) is 3.07. The Bertz CT molecular complexity index is 810. The smallest absolute Gasteiger partial charge is 0.191 e. The van der Waals surface area contributed by atoms with Crippen molar-refractivity contribution in [2.45, 2.75) is 52.9 Å². The van der Waals surface area contributed by atoms with Gasteiger partial charge in [0.2, 0.25) is 0 Å². The molecular formula is C22H37IN6O3. The number of ether oxygens (including phenoxy) is 2. The second kappa shape index (κ2) is 15.0. The number of benzene rings is 1. The Kier molecular flexibility index (Phi) is 13.2. The molecule has 2 rings (SSSR count). The van der Waals surface area contributed by atoms with E-state index in [1.54, 1.807) is 0 Å². The first-order chi connectivity index (χ1) is 14.9. The number of nitrogens with one attached hydrogen (secondary N) is 2. The Labute approximate surface area is 208 Å². The van der Waals surface area contributed by atoms with Gasteiger partial charge in [-0.05, 0) is 51.8 Å². The normalized spacial score (nSPS) is 12.4. The van der Waals surface area contributed by atoms with Gasteiger partial charge >= 0.3 is 0 Å². The summed E-state index contributed by atoms with van der Waals surface area (Å²) in [5.41, 5.74) is 0.809. The lowest BCUT2D eigenvalue weighted by Gasteiger charge is -2.17. The molecule has 3 N–H and O–H groups in total. The molecule has 2 aromatic rings. The van der Waals surface area contributed by atoms with Crippen LogP contribution >= 0.6 is 24.0 Å². The molecule has 0 aliphatic rings. The summed E-state index contributed by atoms with van der Waals surface area (Å²) in [5, 5.41) is 25.3. The van der Waals surface area contributed by atoms with Crippen LogP contribution in [0.15, 0.2) is 29.3 Å². The number of aliphatic hydroxyl groups excluding tert-OH is 1. The molecule has 0 spiro atoms. The maximum Gasteiger partial charge on any atom is 0.191 e. The minimum Gasteiger partial charge on any atom is -0.491 e. The quantitative estimate of drug-likeness (QED) is 0.159. The Morgan fingerprint density at radius 2 is 1.91 bits per heavy atom. The standard InChI is InChI=1S/C22H36N6O3.HI/c1-6-30-13-7-12-23-22(25-15-21-27-26-17(4)28(21)5)24-14-20(29)18-8-10-19(11-9-18)31-16(2)3;/h8-11,16,20,29H,6-7,12-15H2,1-5H3,(H2,23,24,25);1H. The predicted molar refractivity (Wildman–Crippen MR) is 137 cm³/mol. The highest BCUT2D eigenvalue weighted by Crippen LogP contribution is 2.18. The van der Waals surface area contributed by atoms with Crippen molar-refractivity contribution in [1.29, 1.82) is 0 Å². The SMILES string of the molecule is CCOCCCNC(=NCc1nnc(C)n1C)NCC(O)c1ccc(OC(C)C)cc1.I. The molecule has 0 bridgehead atoms. The van der Waals surface area contributed by atoms with Crippen LogP contribution in [0.4, 0.5) is 0 Å². The van der Waals surface area contributed by atoms with Crippen molar-refractivity contribution in [1.82, 2.24) is 25.4 Å². The van der Waals surface area contributed by atoms with Gasteiger partial charge in [-0.1, -0.05) is 12.1 Å². The van der Waals surface area contributed by atoms with E-state index in [0.29, 0.717) is 38.8 Å². The number of halogens is 1. The lowest BCUT2D eigenvalue weighted by atomic mass is 10.1. The van der Waals surface area contributed by atoms with Crippen molar-refractivity contribution in [3.63, 3.8) is 0 Å². The van der Waals surface area contributed by atoms with Crippen molar-refractivity contribution >= 4 is 29.9 Å². The fraction of sp³-hybridized carbons (Fsp3) is 0.591. The molecule has 0 fully saturated rings. The molecule has 32 heavy (non-hydrogen) atoms. The van der Waals surface area contributed by atoms with Crippen molar-refractivity contribution < 1.29 is 14.6 Å². The minimum absolute atomic E-state index is 0. The summed E-state index contributed by atoms with van der Waals surface area (Å²) >= 11 is 0. The summed E-state index contributed by atoms with van der Waals surface area (Å²) < 4.78 is 12.9. The van der Waals surface area contributed by atoms with Gasteiger partial charge in [0.15, 0.2) is 11.8 Å². The highest BCUT2D eigenvalue weighted by Gasteiger charge is 2.10. The summed E-state index contributed by atoms with van der Waals surface area (Å²) in [6.07, 6.45) is 0.292. The fourth-order valence-corrected chi connectivity index (χ4v) is 2.79. The molecule has 1 atom stereocenters. The Morgan fingerprint density at radius 1 is 1.19 bits per heavy atom. The van der Waals surface area contributed by atoms with E-state index >= 15 is 0 Å². The largest absolute Gasteiger partial charge is 0.491 e. The van der Waals surface area contributed by atoms with Crippen LogP contribution in [0.3, 0.4) is 0 Å². The molecule has 1 aromatic heterocycles. The fourth-order valence-electron chi connectivity index (χ4n) is 2.79. The number of hydrogen-bond donors (Lipinski definition) is 3. The number of aromatic nitrogens is 3. The number of rotatable bonds is 12. The lowest BCUT2D eigenvalue weighted by molar-refractivity contribution is 0.145. The van der Waals surface area contributed by atoms with Gasteiger partial charge in [-0.25, -0.2) is 4.99 Å².